The quantitative estimate of drug-likeness (QED) is 0.118. The zero-order valence-electron chi connectivity index (χ0n) is 17.2. The Balaban J connectivity index is -0.00000000296. The predicted octanol–water partition coefficient (Wildman–Crippen LogP) is -9.18. The van der Waals surface area contributed by atoms with Crippen molar-refractivity contribution in [3.63, 3.8) is 0 Å². The van der Waals surface area contributed by atoms with Gasteiger partial charge in [0, 0.05) is 78.6 Å². The molecule has 21 nitrogen and oxygen atoms in total. The van der Waals surface area contributed by atoms with Crippen LogP contribution in [-0.4, -0.2) is 102 Å². The van der Waals surface area contributed by atoms with E-state index in [0.717, 1.165) is 0 Å². The molecule has 196 valence electrons. The molecule has 0 radical (unpaired) electrons. The first kappa shape index (κ1) is 143. The van der Waals surface area contributed by atoms with Gasteiger partial charge in [-0.25, -0.2) is 25.3 Å². The minimum absolute atomic E-state index is 0. The van der Waals surface area contributed by atoms with Gasteiger partial charge < -0.3 is 77.8 Å². The van der Waals surface area contributed by atoms with Crippen LogP contribution in [0, 0.1) is 14.9 Å². The van der Waals surface area contributed by atoms with Crippen LogP contribution >= 0.6 is 0 Å². The molecule has 0 saturated carbocycles. The van der Waals surface area contributed by atoms with E-state index in [1.807, 2.05) is 0 Å². The van der Waals surface area contributed by atoms with Crippen molar-refractivity contribution < 1.29 is 185 Å². The second-order valence-corrected chi connectivity index (χ2v) is 3.85. The molecular formula is C2H30O21S3Zr3-2. The molecule has 0 spiro atoms. The van der Waals surface area contributed by atoms with Crippen LogP contribution in [0.4, 0.5) is 0 Å². The summed E-state index contributed by atoms with van der Waals surface area (Å²) in [6.45, 7) is 0. The molecule has 29 heavy (non-hydrogen) atoms. The summed E-state index contributed by atoms with van der Waals surface area (Å²) < 4.78 is 98.5. The molecule has 0 rings (SSSR count). The van der Waals surface area contributed by atoms with Crippen molar-refractivity contribution in [2.75, 3.05) is 0 Å². The monoisotopic (exact) mass is 756 g/mol. The Kier molecular flexibility index (Phi) is 311. The van der Waals surface area contributed by atoms with Crippen molar-refractivity contribution >= 4 is 31.2 Å². The van der Waals surface area contributed by atoms with E-state index in [1.54, 1.807) is 0 Å². The maximum absolute atomic E-state index is 8.63. The van der Waals surface area contributed by atoms with E-state index in [2.05, 4.69) is 0 Å². The molecule has 0 saturated heterocycles. The Labute approximate surface area is 229 Å². The fourth-order valence-electron chi connectivity index (χ4n) is 0. The van der Waals surface area contributed by atoms with Crippen molar-refractivity contribution in [1.82, 2.24) is 0 Å². The smallest absolute Gasteiger partial charge is 0.726 e. The molecule has 27 heteroatoms. The van der Waals surface area contributed by atoms with Crippen molar-refractivity contribution in [2.24, 2.45) is 0 Å². The topological polar surface area (TPSA) is 516 Å². The molecule has 0 aromatic heterocycles. The van der Waals surface area contributed by atoms with Gasteiger partial charge in [0.2, 0.25) is 31.2 Å². The zero-order valence-corrected chi connectivity index (χ0v) is 24.1. The molecule has 21 N–H and O–H groups in total. The molecule has 0 amide bonds. The van der Waals surface area contributed by atoms with Gasteiger partial charge in [0.15, 0.2) is 0 Å². The van der Waals surface area contributed by atoms with Crippen molar-refractivity contribution in [3.05, 3.63) is 14.9 Å². The van der Waals surface area contributed by atoms with E-state index in [0.29, 0.717) is 0 Å². The Hall–Kier alpha value is 1.90. The third-order valence-corrected chi connectivity index (χ3v) is 0. The van der Waals surface area contributed by atoms with Crippen molar-refractivity contribution in [1.29, 1.82) is 0 Å². The maximum atomic E-state index is 8.63. The third-order valence-electron chi connectivity index (χ3n) is 0. The van der Waals surface area contributed by atoms with Crippen LogP contribution < -0.4 is 0 Å². The molecule has 0 fully saturated rings. The van der Waals surface area contributed by atoms with Crippen molar-refractivity contribution in [2.45, 2.75) is 0 Å². The molecule has 0 heterocycles. The molecule has 0 aromatic carbocycles. The van der Waals surface area contributed by atoms with Gasteiger partial charge in [-0.2, -0.15) is 0 Å². The van der Waals surface area contributed by atoms with E-state index in [9.17, 15) is 0 Å². The first-order chi connectivity index (χ1) is 6.00. The number of hydrogen-bond donors (Lipinski definition) is 3. The van der Waals surface area contributed by atoms with E-state index in [4.69, 9.17) is 52.6 Å². The Morgan fingerprint density at radius 3 is 0.414 bits per heavy atom. The first-order valence-electron chi connectivity index (χ1n) is 2.05. The molecule has 0 aromatic rings. The number of rotatable bonds is 0. The molecule has 0 bridgehead atoms. The summed E-state index contributed by atoms with van der Waals surface area (Å²) in [5.74, 6) is 0. The van der Waals surface area contributed by atoms with Crippen LogP contribution in [0.15, 0.2) is 0 Å². The Bertz CT molecular complexity index is 372. The molecule has 0 aliphatic heterocycles. The van der Waals surface area contributed by atoms with E-state index in [1.165, 1.54) is 0 Å². The molecule has 0 aliphatic rings. The second kappa shape index (κ2) is 63.1. The Morgan fingerprint density at radius 1 is 0.414 bits per heavy atom. The summed E-state index contributed by atoms with van der Waals surface area (Å²) in [5.41, 5.74) is 0. The fourth-order valence-corrected chi connectivity index (χ4v) is 0. The average Bonchev–Trinajstić information content (AvgIpc) is 1.41. The van der Waals surface area contributed by atoms with Crippen LogP contribution in [0.3, 0.4) is 0 Å². The van der Waals surface area contributed by atoms with Crippen LogP contribution in [-0.2, 0) is 110 Å². The molecule has 0 aliphatic carbocycles. The van der Waals surface area contributed by atoms with E-state index in [-0.39, 0.29) is 147 Å². The minimum atomic E-state index is -4.92. The van der Waals surface area contributed by atoms with Crippen molar-refractivity contribution in [3.8, 4) is 0 Å². The van der Waals surface area contributed by atoms with Gasteiger partial charge in [0.25, 0.3) is 0 Å². The summed E-state index contributed by atoms with van der Waals surface area (Å²) >= 11 is 0. The average molecular weight is 760 g/mol. The summed E-state index contributed by atoms with van der Waals surface area (Å²) in [5, 5.41) is 0. The normalized spacial score (nSPS) is 6.00. The maximum Gasteiger partial charge on any atom is 1.00 e. The van der Waals surface area contributed by atoms with Crippen LogP contribution in [0.5, 0.6) is 0 Å². The Morgan fingerprint density at radius 2 is 0.414 bits per heavy atom. The largest absolute Gasteiger partial charge is 1.00 e. The van der Waals surface area contributed by atoms with Crippen LogP contribution in [0.1, 0.15) is 4.28 Å². The standard InChI is InChI=1S/2CH3.3H2O4S.9H2O.3Zr/c;;3*1-5(2,3)4;;;;;;;;;;;;/h2*1H3;3*(H2,1,2,3,4);9*1H2;;;/q2*-1;;;;;;;;;;;;;;;. The van der Waals surface area contributed by atoms with E-state index >= 15 is 0 Å². The van der Waals surface area contributed by atoms with Gasteiger partial charge in [-0.05, 0) is 0 Å². The van der Waals surface area contributed by atoms with Gasteiger partial charge in [-0.1, -0.05) is 0 Å². The van der Waals surface area contributed by atoms with E-state index < -0.39 is 31.2 Å². The second-order valence-electron chi connectivity index (χ2n) is 1.28. The van der Waals surface area contributed by atoms with Crippen LogP contribution in [0.2, 0.25) is 0 Å². The third kappa shape index (κ3) is 6450. The fraction of sp³-hybridized carbons (Fsp3) is 0. The van der Waals surface area contributed by atoms with Gasteiger partial charge in [0.05, 0.1) is 0 Å². The van der Waals surface area contributed by atoms with Gasteiger partial charge in [-0.15, -0.1) is 0 Å². The zero-order chi connectivity index (χ0) is 13.5. The summed E-state index contributed by atoms with van der Waals surface area (Å²) in [6.07, 6.45) is 0. The van der Waals surface area contributed by atoms with Crippen LogP contribution in [0.25, 0.3) is 0 Å². The molecule has 0 unspecified atom stereocenters. The molecule has 0 atom stereocenters. The SMILES string of the molecule is O.O.O.O.O.O.O.O.O.O=S(=O)([O-])O.O=S(=O)([O-])O.O=S(=O)([O-])O.[CH3-].[CH3-].[H+].[H+].[H+].[Zr].[Zr].[Zr]. The first-order valence-corrected chi connectivity index (χ1v) is 6.14. The summed E-state index contributed by atoms with van der Waals surface area (Å²) in [7, 11) is -14.7. The van der Waals surface area contributed by atoms with Gasteiger partial charge in [0.1, 0.15) is 0 Å². The minimum Gasteiger partial charge on any atom is -0.726 e. The predicted molar refractivity (Wildman–Crippen MR) is 85.7 cm³/mol. The molecular weight excluding hydrogens is 730 g/mol. The van der Waals surface area contributed by atoms with Gasteiger partial charge >= 0.3 is 4.28 Å². The summed E-state index contributed by atoms with van der Waals surface area (Å²) in [6, 6.07) is 0. The summed E-state index contributed by atoms with van der Waals surface area (Å²) in [4.78, 5) is 0. The van der Waals surface area contributed by atoms with Gasteiger partial charge in [-0.3, -0.25) is 13.7 Å². The number of hydrogen-bond acceptors (Lipinski definition) is 9.